The van der Waals surface area contributed by atoms with Crippen LogP contribution in [0.2, 0.25) is 0 Å². The van der Waals surface area contributed by atoms with Crippen molar-refractivity contribution in [2.45, 2.75) is 194 Å². The smallest absolute Gasteiger partial charge is 0.103 e. The van der Waals surface area contributed by atoms with Crippen molar-refractivity contribution in [1.29, 1.82) is 0 Å². The minimum absolute atomic E-state index is 0. The van der Waals surface area contributed by atoms with Crippen molar-refractivity contribution in [3.05, 3.63) is 24.3 Å². The van der Waals surface area contributed by atoms with E-state index in [0.29, 0.717) is 0 Å². The van der Waals surface area contributed by atoms with E-state index in [1.807, 2.05) is 0 Å². The summed E-state index contributed by atoms with van der Waals surface area (Å²) in [6.45, 7) is 14.4. The summed E-state index contributed by atoms with van der Waals surface area (Å²) in [6, 6.07) is 0. The molecule has 4 nitrogen and oxygen atoms in total. The summed E-state index contributed by atoms with van der Waals surface area (Å²) < 4.78 is 19.0. The quantitative estimate of drug-likeness (QED) is 0.0363. The summed E-state index contributed by atoms with van der Waals surface area (Å²) in [4.78, 5) is 0. The van der Waals surface area contributed by atoms with Crippen LogP contribution in [0.1, 0.15) is 194 Å². The van der Waals surface area contributed by atoms with Crippen molar-refractivity contribution in [2.75, 3.05) is 65.8 Å². The third-order valence-corrected chi connectivity index (χ3v) is 10.4. The molecule has 0 radical (unpaired) electrons. The van der Waals surface area contributed by atoms with Gasteiger partial charge >= 0.3 is 0 Å². The molecule has 0 N–H and O–H groups in total. The zero-order valence-electron chi connectivity index (χ0n) is 33.2. The van der Waals surface area contributed by atoms with Gasteiger partial charge in [0.2, 0.25) is 0 Å². The van der Waals surface area contributed by atoms with Crippen LogP contribution in [0.4, 0.5) is 0 Å². The first-order valence-corrected chi connectivity index (χ1v) is 21.7. The van der Waals surface area contributed by atoms with E-state index in [1.165, 1.54) is 180 Å². The second-order valence-corrected chi connectivity index (χ2v) is 14.9. The molecule has 1 fully saturated rings. The molecule has 0 aliphatic carbocycles. The van der Waals surface area contributed by atoms with Crippen LogP contribution in [0.25, 0.3) is 0 Å². The topological polar surface area (TPSA) is 27.7 Å². The minimum Gasteiger partial charge on any atom is -1.00 e. The maximum Gasteiger partial charge on any atom is 0.103 e. The van der Waals surface area contributed by atoms with Crippen molar-refractivity contribution in [2.24, 2.45) is 0 Å². The van der Waals surface area contributed by atoms with E-state index < -0.39 is 0 Å². The summed E-state index contributed by atoms with van der Waals surface area (Å²) in [7, 11) is 0. The predicted molar refractivity (Wildman–Crippen MR) is 211 cm³/mol. The molecular formula is C44H86ClNO3. The highest BCUT2D eigenvalue weighted by Gasteiger charge is 2.29. The minimum atomic E-state index is 0. The summed E-state index contributed by atoms with van der Waals surface area (Å²) in [5, 5.41) is 0. The lowest BCUT2D eigenvalue weighted by Crippen LogP contribution is -3.00. The average Bonchev–Trinajstić information content (AvgIpc) is 3.10. The highest BCUT2D eigenvalue weighted by molar-refractivity contribution is 4.82. The number of hydrogen-bond donors (Lipinski definition) is 0. The van der Waals surface area contributed by atoms with E-state index in [-0.39, 0.29) is 12.4 Å². The molecule has 5 heteroatoms. The van der Waals surface area contributed by atoms with Crippen LogP contribution >= 0.6 is 0 Å². The van der Waals surface area contributed by atoms with Crippen molar-refractivity contribution < 1.29 is 31.1 Å². The Hall–Kier alpha value is -0.390. The maximum absolute atomic E-state index is 6.11. The molecule has 0 bridgehead atoms. The lowest BCUT2D eigenvalue weighted by Gasteiger charge is -2.41. The Kier molecular flexibility index (Phi) is 40.1. The largest absolute Gasteiger partial charge is 1.00 e. The van der Waals surface area contributed by atoms with Gasteiger partial charge in [-0.1, -0.05) is 154 Å². The predicted octanol–water partition coefficient (Wildman–Crippen LogP) is 9.95. The first-order chi connectivity index (χ1) is 23.8. The van der Waals surface area contributed by atoms with E-state index in [2.05, 4.69) is 38.2 Å². The second kappa shape index (κ2) is 40.4. The third-order valence-electron chi connectivity index (χ3n) is 10.4. The Morgan fingerprint density at radius 2 is 0.714 bits per heavy atom. The van der Waals surface area contributed by atoms with Gasteiger partial charge in [0.1, 0.15) is 26.2 Å². The fourth-order valence-corrected chi connectivity index (χ4v) is 6.91. The van der Waals surface area contributed by atoms with Crippen molar-refractivity contribution in [3.63, 3.8) is 0 Å². The van der Waals surface area contributed by atoms with Crippen LogP contribution in [-0.2, 0) is 14.2 Å². The van der Waals surface area contributed by atoms with Gasteiger partial charge in [-0.15, -0.1) is 0 Å². The van der Waals surface area contributed by atoms with Crippen LogP contribution < -0.4 is 12.4 Å². The van der Waals surface area contributed by atoms with Crippen LogP contribution in [0.3, 0.4) is 0 Å². The van der Waals surface area contributed by atoms with E-state index in [9.17, 15) is 0 Å². The Balaban J connectivity index is 0.0000230. The van der Waals surface area contributed by atoms with Crippen molar-refractivity contribution in [1.82, 2.24) is 0 Å². The van der Waals surface area contributed by atoms with Crippen molar-refractivity contribution in [3.8, 4) is 0 Å². The van der Waals surface area contributed by atoms with Gasteiger partial charge in [0.15, 0.2) is 0 Å². The molecule has 49 heavy (non-hydrogen) atoms. The number of halogens is 1. The molecule has 0 amide bonds. The average molecular weight is 713 g/mol. The van der Waals surface area contributed by atoms with Crippen LogP contribution in [0.5, 0.6) is 0 Å². The second-order valence-electron chi connectivity index (χ2n) is 14.9. The summed E-state index contributed by atoms with van der Waals surface area (Å²) in [5.74, 6) is 0. The Bertz CT molecular complexity index is 629. The Morgan fingerprint density at radius 1 is 0.408 bits per heavy atom. The van der Waals surface area contributed by atoms with Crippen molar-refractivity contribution >= 4 is 0 Å². The van der Waals surface area contributed by atoms with Gasteiger partial charge in [-0.2, -0.15) is 0 Å². The summed E-state index contributed by atoms with van der Waals surface area (Å²) in [6.07, 6.45) is 47.6. The molecule has 0 spiro atoms. The van der Waals surface area contributed by atoms with Crippen LogP contribution in [0, 0.1) is 0 Å². The molecule has 0 unspecified atom stereocenters. The maximum atomic E-state index is 6.11. The lowest BCUT2D eigenvalue weighted by atomic mass is 10.1. The van der Waals surface area contributed by atoms with E-state index in [0.717, 1.165) is 70.3 Å². The molecule has 1 aliphatic rings. The normalized spacial score (nSPS) is 14.7. The third kappa shape index (κ3) is 34.5. The number of ether oxygens (including phenoxy) is 3. The summed E-state index contributed by atoms with van der Waals surface area (Å²) in [5.41, 5.74) is 0. The van der Waals surface area contributed by atoms with E-state index in [1.54, 1.807) is 0 Å². The van der Waals surface area contributed by atoms with Crippen LogP contribution in [-0.4, -0.2) is 70.3 Å². The first-order valence-electron chi connectivity index (χ1n) is 21.7. The zero-order chi connectivity index (χ0) is 34.3. The molecule has 1 rings (SSSR count). The van der Waals surface area contributed by atoms with Gasteiger partial charge in [-0.05, 0) is 64.2 Å². The molecular weight excluding hydrogens is 626 g/mol. The Morgan fingerprint density at radius 3 is 1.06 bits per heavy atom. The molecule has 1 saturated heterocycles. The SMILES string of the molecule is CCCCCCCC/C=C\CCCCCCCCOCC[N+]1(CCOCCCCCCCC/C=C\CCCCCCCC)CCOCC1.[Cl-]. The molecule has 0 aromatic heterocycles. The van der Waals surface area contributed by atoms with Gasteiger partial charge in [0.05, 0.1) is 26.4 Å². The monoisotopic (exact) mass is 712 g/mol. The molecule has 0 aromatic rings. The Labute approximate surface area is 314 Å². The molecule has 0 atom stereocenters. The number of unbranched alkanes of at least 4 members (excludes halogenated alkanes) is 24. The lowest BCUT2D eigenvalue weighted by molar-refractivity contribution is -0.935. The number of allylic oxidation sites excluding steroid dienone is 4. The summed E-state index contributed by atoms with van der Waals surface area (Å²) >= 11 is 0. The fraction of sp³-hybridized carbons (Fsp3) is 0.909. The molecule has 1 aliphatic heterocycles. The van der Waals surface area contributed by atoms with Gasteiger partial charge in [0, 0.05) is 13.2 Å². The molecule has 292 valence electrons. The van der Waals surface area contributed by atoms with Gasteiger partial charge in [-0.25, -0.2) is 0 Å². The highest BCUT2D eigenvalue weighted by Crippen LogP contribution is 2.14. The molecule has 0 aromatic carbocycles. The number of quaternary nitrogens is 1. The number of hydrogen-bond acceptors (Lipinski definition) is 3. The van der Waals surface area contributed by atoms with Crippen LogP contribution in [0.15, 0.2) is 24.3 Å². The first kappa shape index (κ1) is 48.6. The number of nitrogens with zero attached hydrogens (tertiary/aromatic N) is 1. The molecule has 1 heterocycles. The standard InChI is InChI=1S/C44H86NO3.ClH/c1-3-5-7-9-11-13-15-17-19-21-23-25-27-29-31-33-39-46-41-35-45(37-43-48-44-38-45)36-42-47-40-34-32-30-28-26-24-22-20-18-16-14-12-10-8-6-4-2;/h17-20H,3-16,21-44H2,1-2H3;1H/q+1;/p-1/b19-17-,20-18-;. The number of morpholine rings is 1. The fourth-order valence-electron chi connectivity index (χ4n) is 6.91. The van der Waals surface area contributed by atoms with E-state index >= 15 is 0 Å². The molecule has 0 saturated carbocycles. The number of rotatable bonds is 38. The van der Waals surface area contributed by atoms with Gasteiger partial charge < -0.3 is 31.1 Å². The van der Waals surface area contributed by atoms with Gasteiger partial charge in [-0.3, -0.25) is 0 Å². The van der Waals surface area contributed by atoms with Gasteiger partial charge in [0.25, 0.3) is 0 Å². The highest BCUT2D eigenvalue weighted by atomic mass is 35.5. The van der Waals surface area contributed by atoms with E-state index in [4.69, 9.17) is 14.2 Å². The zero-order valence-corrected chi connectivity index (χ0v) is 34.0.